The van der Waals surface area contributed by atoms with Gasteiger partial charge in [-0.05, 0) is 43.3 Å². The van der Waals surface area contributed by atoms with Gasteiger partial charge in [-0.15, -0.1) is 12.4 Å². The number of fused-ring (bicyclic) bond motifs is 1. The van der Waals surface area contributed by atoms with E-state index in [0.29, 0.717) is 4.90 Å². The van der Waals surface area contributed by atoms with Crippen LogP contribution in [0.4, 0.5) is 5.69 Å². The molecule has 5 nitrogen and oxygen atoms in total. The molecule has 27 heavy (non-hydrogen) atoms. The Labute approximate surface area is 165 Å². The SMILES string of the molecule is Cc1cc(N2CCNCC2)c2ccc(S(=O)(=O)c3ccccc3)cc2n1.Cl. The Morgan fingerprint density at radius 3 is 2.37 bits per heavy atom. The molecular formula is C20H22ClN3O2S. The first-order valence-electron chi connectivity index (χ1n) is 8.73. The molecule has 0 spiro atoms. The third-order valence-electron chi connectivity index (χ3n) is 4.71. The number of pyridine rings is 1. The molecule has 0 amide bonds. The van der Waals surface area contributed by atoms with Crippen molar-refractivity contribution in [3.63, 3.8) is 0 Å². The van der Waals surface area contributed by atoms with Crippen LogP contribution in [-0.2, 0) is 9.84 Å². The van der Waals surface area contributed by atoms with Crippen LogP contribution in [-0.4, -0.2) is 39.6 Å². The van der Waals surface area contributed by atoms with Gasteiger partial charge in [-0.1, -0.05) is 18.2 Å². The van der Waals surface area contributed by atoms with Crippen LogP contribution in [0.3, 0.4) is 0 Å². The Morgan fingerprint density at radius 1 is 0.963 bits per heavy atom. The molecule has 1 fully saturated rings. The van der Waals surface area contributed by atoms with Crippen molar-refractivity contribution in [1.82, 2.24) is 10.3 Å². The van der Waals surface area contributed by atoms with E-state index in [1.165, 1.54) is 0 Å². The molecule has 2 heterocycles. The second-order valence-electron chi connectivity index (χ2n) is 6.52. The standard InChI is InChI=1S/C20H21N3O2S.ClH/c1-15-13-20(23-11-9-21-10-12-23)18-8-7-17(14-19(18)22-15)26(24,25)16-5-3-2-4-6-16;/h2-8,13-14,21H,9-12H2,1H3;1H. The minimum absolute atomic E-state index is 0. The van der Waals surface area contributed by atoms with Crippen LogP contribution >= 0.6 is 12.4 Å². The van der Waals surface area contributed by atoms with Crippen LogP contribution < -0.4 is 10.2 Å². The molecule has 1 saturated heterocycles. The van der Waals surface area contributed by atoms with Gasteiger partial charge in [-0.2, -0.15) is 0 Å². The molecule has 1 aromatic heterocycles. The van der Waals surface area contributed by atoms with E-state index in [0.717, 1.165) is 48.5 Å². The maximum atomic E-state index is 12.9. The smallest absolute Gasteiger partial charge is 0.206 e. The van der Waals surface area contributed by atoms with Crippen molar-refractivity contribution in [3.8, 4) is 0 Å². The fraction of sp³-hybridized carbons (Fsp3) is 0.250. The van der Waals surface area contributed by atoms with Crippen LogP contribution in [0.15, 0.2) is 64.4 Å². The first-order valence-corrected chi connectivity index (χ1v) is 10.2. The Balaban J connectivity index is 0.00000210. The number of hydrogen-bond donors (Lipinski definition) is 1. The highest BCUT2D eigenvalue weighted by Crippen LogP contribution is 2.30. The van der Waals surface area contributed by atoms with E-state index in [1.807, 2.05) is 19.1 Å². The summed E-state index contributed by atoms with van der Waals surface area (Å²) in [6, 6.07) is 15.9. The van der Waals surface area contributed by atoms with Gasteiger partial charge in [0, 0.05) is 42.9 Å². The molecule has 0 radical (unpaired) electrons. The number of aromatic nitrogens is 1. The lowest BCUT2D eigenvalue weighted by Gasteiger charge is -2.30. The molecule has 0 atom stereocenters. The predicted molar refractivity (Wildman–Crippen MR) is 111 cm³/mol. The molecule has 1 aliphatic rings. The van der Waals surface area contributed by atoms with Crippen molar-refractivity contribution in [2.45, 2.75) is 16.7 Å². The van der Waals surface area contributed by atoms with Gasteiger partial charge < -0.3 is 10.2 Å². The summed E-state index contributed by atoms with van der Waals surface area (Å²) in [6.07, 6.45) is 0. The van der Waals surface area contributed by atoms with Crippen LogP contribution in [0.2, 0.25) is 0 Å². The summed E-state index contributed by atoms with van der Waals surface area (Å²) in [5, 5.41) is 4.35. The third-order valence-corrected chi connectivity index (χ3v) is 6.48. The highest BCUT2D eigenvalue weighted by Gasteiger charge is 2.20. The fourth-order valence-corrected chi connectivity index (χ4v) is 4.69. The van der Waals surface area contributed by atoms with Gasteiger partial charge in [0.15, 0.2) is 0 Å². The summed E-state index contributed by atoms with van der Waals surface area (Å²) < 4.78 is 25.8. The van der Waals surface area contributed by atoms with Gasteiger partial charge in [-0.3, -0.25) is 4.98 Å². The quantitative estimate of drug-likeness (QED) is 0.727. The van der Waals surface area contributed by atoms with Crippen molar-refractivity contribution < 1.29 is 8.42 Å². The average Bonchev–Trinajstić information content (AvgIpc) is 2.68. The first kappa shape index (κ1) is 19.6. The largest absolute Gasteiger partial charge is 0.368 e. The second-order valence-corrected chi connectivity index (χ2v) is 8.46. The number of piperazine rings is 1. The molecule has 0 bridgehead atoms. The normalized spacial score (nSPS) is 14.8. The zero-order chi connectivity index (χ0) is 18.1. The van der Waals surface area contributed by atoms with Gasteiger partial charge in [-0.25, -0.2) is 8.42 Å². The van der Waals surface area contributed by atoms with Crippen molar-refractivity contribution in [1.29, 1.82) is 0 Å². The molecule has 3 aromatic rings. The average molecular weight is 404 g/mol. The maximum Gasteiger partial charge on any atom is 0.206 e. The number of halogens is 1. The summed E-state index contributed by atoms with van der Waals surface area (Å²) in [6.45, 7) is 5.71. The van der Waals surface area contributed by atoms with Gasteiger partial charge >= 0.3 is 0 Å². The number of hydrogen-bond acceptors (Lipinski definition) is 5. The van der Waals surface area contributed by atoms with E-state index in [4.69, 9.17) is 0 Å². The maximum absolute atomic E-state index is 12.9. The van der Waals surface area contributed by atoms with Crippen molar-refractivity contribution in [2.75, 3.05) is 31.1 Å². The topological polar surface area (TPSA) is 62.3 Å². The minimum atomic E-state index is -3.54. The lowest BCUT2D eigenvalue weighted by Crippen LogP contribution is -2.43. The van der Waals surface area contributed by atoms with Crippen LogP contribution in [0.25, 0.3) is 10.9 Å². The van der Waals surface area contributed by atoms with E-state index in [-0.39, 0.29) is 17.3 Å². The van der Waals surface area contributed by atoms with Crippen molar-refractivity contribution >= 4 is 38.8 Å². The molecule has 0 saturated carbocycles. The Kier molecular flexibility index (Phi) is 5.69. The molecule has 1 N–H and O–H groups in total. The zero-order valence-electron chi connectivity index (χ0n) is 15.1. The molecule has 4 rings (SSSR count). The zero-order valence-corrected chi connectivity index (χ0v) is 16.7. The van der Waals surface area contributed by atoms with Gasteiger partial charge in [0.1, 0.15) is 0 Å². The number of rotatable bonds is 3. The number of nitrogens with one attached hydrogen (secondary N) is 1. The fourth-order valence-electron chi connectivity index (χ4n) is 3.39. The van der Waals surface area contributed by atoms with E-state index in [1.54, 1.807) is 36.4 Å². The summed E-state index contributed by atoms with van der Waals surface area (Å²) in [5.41, 5.74) is 2.73. The lowest BCUT2D eigenvalue weighted by atomic mass is 10.1. The Bertz CT molecular complexity index is 1050. The van der Waals surface area contributed by atoms with Crippen molar-refractivity contribution in [3.05, 3.63) is 60.3 Å². The molecular weight excluding hydrogens is 382 g/mol. The van der Waals surface area contributed by atoms with E-state index in [2.05, 4.69) is 21.3 Å². The predicted octanol–water partition coefficient (Wildman–Crippen LogP) is 3.21. The van der Waals surface area contributed by atoms with E-state index < -0.39 is 9.84 Å². The van der Waals surface area contributed by atoms with E-state index in [9.17, 15) is 8.42 Å². The lowest BCUT2D eigenvalue weighted by molar-refractivity contribution is 0.590. The molecule has 142 valence electrons. The number of anilines is 1. The number of sulfone groups is 1. The molecule has 1 aliphatic heterocycles. The Morgan fingerprint density at radius 2 is 1.67 bits per heavy atom. The van der Waals surface area contributed by atoms with Gasteiger partial charge in [0.25, 0.3) is 0 Å². The Hall–Kier alpha value is -2.15. The minimum Gasteiger partial charge on any atom is -0.368 e. The summed E-state index contributed by atoms with van der Waals surface area (Å²) in [5.74, 6) is 0. The molecule has 2 aromatic carbocycles. The first-order chi connectivity index (χ1) is 12.6. The van der Waals surface area contributed by atoms with Gasteiger partial charge in [0.05, 0.1) is 15.3 Å². The summed E-state index contributed by atoms with van der Waals surface area (Å²) >= 11 is 0. The van der Waals surface area contributed by atoms with Crippen LogP contribution in [0, 0.1) is 6.92 Å². The molecule has 0 aliphatic carbocycles. The summed E-state index contributed by atoms with van der Waals surface area (Å²) in [7, 11) is -3.54. The van der Waals surface area contributed by atoms with Crippen LogP contribution in [0.5, 0.6) is 0 Å². The number of benzene rings is 2. The number of aryl methyl sites for hydroxylation is 1. The van der Waals surface area contributed by atoms with Crippen molar-refractivity contribution in [2.24, 2.45) is 0 Å². The number of nitrogens with zero attached hydrogens (tertiary/aromatic N) is 2. The molecule has 0 unspecified atom stereocenters. The second kappa shape index (κ2) is 7.84. The highest BCUT2D eigenvalue weighted by atomic mass is 35.5. The molecule has 7 heteroatoms. The monoisotopic (exact) mass is 403 g/mol. The van der Waals surface area contributed by atoms with Crippen LogP contribution in [0.1, 0.15) is 5.69 Å². The van der Waals surface area contributed by atoms with E-state index >= 15 is 0 Å². The third kappa shape index (κ3) is 3.78. The highest BCUT2D eigenvalue weighted by molar-refractivity contribution is 7.91. The van der Waals surface area contributed by atoms with Gasteiger partial charge in [0.2, 0.25) is 9.84 Å². The summed E-state index contributed by atoms with van der Waals surface area (Å²) in [4.78, 5) is 7.50.